The van der Waals surface area contributed by atoms with Crippen LogP contribution in [0.15, 0.2) is 23.4 Å². The number of nitrogens with one attached hydrogen (secondary N) is 1. The van der Waals surface area contributed by atoms with E-state index in [2.05, 4.69) is 10.5 Å². The molecule has 1 rings (SSSR count). The highest BCUT2D eigenvalue weighted by Gasteiger charge is 2.08. The first kappa shape index (κ1) is 15.3. The quantitative estimate of drug-likeness (QED) is 0.644. The fraction of sp³-hybridized carbons (Fsp3) is 0.385. The standard InChI is InChI=1S/C13H17ClN2O3/c1-3-7-15-13(17)19-12-6-5-11(14)8-10(12)9-16-18-4-2/h5-6,8-9H,3-4,7H2,1-2H3,(H,15,17). The Kier molecular flexibility index (Phi) is 6.74. The van der Waals surface area contributed by atoms with Gasteiger partial charge in [-0.2, -0.15) is 0 Å². The van der Waals surface area contributed by atoms with Crippen molar-refractivity contribution in [2.75, 3.05) is 13.2 Å². The van der Waals surface area contributed by atoms with Crippen molar-refractivity contribution in [3.8, 4) is 5.75 Å². The summed E-state index contributed by atoms with van der Waals surface area (Å²) in [6, 6.07) is 4.90. The van der Waals surface area contributed by atoms with E-state index in [-0.39, 0.29) is 0 Å². The molecule has 0 saturated carbocycles. The predicted molar refractivity (Wildman–Crippen MR) is 75.0 cm³/mol. The summed E-state index contributed by atoms with van der Waals surface area (Å²) in [5, 5.41) is 6.88. The predicted octanol–water partition coefficient (Wildman–Crippen LogP) is 3.21. The Balaban J connectivity index is 2.78. The second-order valence-electron chi connectivity index (χ2n) is 3.65. The molecule has 1 aromatic rings. The van der Waals surface area contributed by atoms with Crippen molar-refractivity contribution in [2.24, 2.45) is 5.16 Å². The van der Waals surface area contributed by atoms with Crippen molar-refractivity contribution in [1.29, 1.82) is 0 Å². The normalized spacial score (nSPS) is 10.5. The zero-order valence-corrected chi connectivity index (χ0v) is 11.7. The van der Waals surface area contributed by atoms with Crippen molar-refractivity contribution < 1.29 is 14.4 Å². The Hall–Kier alpha value is -1.75. The van der Waals surface area contributed by atoms with Gasteiger partial charge in [0.1, 0.15) is 12.4 Å². The molecular formula is C13H17ClN2O3. The van der Waals surface area contributed by atoms with Crippen molar-refractivity contribution in [2.45, 2.75) is 20.3 Å². The molecule has 5 nitrogen and oxygen atoms in total. The SMILES string of the molecule is CCCNC(=O)Oc1ccc(Cl)cc1C=NOCC. The van der Waals surface area contributed by atoms with Gasteiger partial charge in [-0.25, -0.2) is 4.79 Å². The van der Waals surface area contributed by atoms with Crippen LogP contribution < -0.4 is 10.1 Å². The van der Waals surface area contributed by atoms with Crippen LogP contribution >= 0.6 is 11.6 Å². The fourth-order valence-corrected chi connectivity index (χ4v) is 1.43. The Bertz CT molecular complexity index is 450. The minimum atomic E-state index is -0.504. The molecule has 0 aromatic heterocycles. The summed E-state index contributed by atoms with van der Waals surface area (Å²) in [6.45, 7) is 4.81. The topological polar surface area (TPSA) is 59.9 Å². The highest BCUT2D eigenvalue weighted by molar-refractivity contribution is 6.30. The molecule has 0 bridgehead atoms. The lowest BCUT2D eigenvalue weighted by atomic mass is 10.2. The zero-order valence-electron chi connectivity index (χ0n) is 11.0. The number of benzene rings is 1. The number of hydrogen-bond acceptors (Lipinski definition) is 4. The lowest BCUT2D eigenvalue weighted by molar-refractivity contribution is 0.160. The van der Waals surface area contributed by atoms with E-state index >= 15 is 0 Å². The van der Waals surface area contributed by atoms with E-state index in [4.69, 9.17) is 21.2 Å². The molecule has 1 N–H and O–H groups in total. The maximum absolute atomic E-state index is 11.5. The lowest BCUT2D eigenvalue weighted by Gasteiger charge is -2.08. The number of ether oxygens (including phenoxy) is 1. The molecule has 0 aliphatic carbocycles. The number of nitrogens with zero attached hydrogens (tertiary/aromatic N) is 1. The van der Waals surface area contributed by atoms with Gasteiger partial charge >= 0.3 is 6.09 Å². The molecule has 0 saturated heterocycles. The van der Waals surface area contributed by atoms with Crippen LogP contribution in [0.2, 0.25) is 5.02 Å². The van der Waals surface area contributed by atoms with Crippen LogP contribution in [0.4, 0.5) is 4.79 Å². The monoisotopic (exact) mass is 284 g/mol. The number of hydrogen-bond donors (Lipinski definition) is 1. The first-order valence-electron chi connectivity index (χ1n) is 6.08. The van der Waals surface area contributed by atoms with E-state index in [1.54, 1.807) is 18.2 Å². The van der Waals surface area contributed by atoms with E-state index < -0.39 is 6.09 Å². The van der Waals surface area contributed by atoms with Crippen LogP contribution in [-0.4, -0.2) is 25.5 Å². The summed E-state index contributed by atoms with van der Waals surface area (Å²) in [6.07, 6.45) is 1.79. The number of oxime groups is 1. The molecule has 0 atom stereocenters. The maximum atomic E-state index is 11.5. The molecule has 0 aliphatic heterocycles. The molecule has 6 heteroatoms. The Morgan fingerprint density at radius 2 is 2.26 bits per heavy atom. The molecule has 104 valence electrons. The van der Waals surface area contributed by atoms with E-state index in [1.807, 2.05) is 13.8 Å². The smallest absolute Gasteiger partial charge is 0.410 e. The summed E-state index contributed by atoms with van der Waals surface area (Å²) in [5.41, 5.74) is 0.576. The highest BCUT2D eigenvalue weighted by Crippen LogP contribution is 2.21. The summed E-state index contributed by atoms with van der Waals surface area (Å²) in [4.78, 5) is 16.4. The van der Waals surface area contributed by atoms with Crippen LogP contribution in [0.5, 0.6) is 5.75 Å². The van der Waals surface area contributed by atoms with Gasteiger partial charge in [0.25, 0.3) is 0 Å². The van der Waals surface area contributed by atoms with Crippen molar-refractivity contribution >= 4 is 23.9 Å². The van der Waals surface area contributed by atoms with Crippen molar-refractivity contribution in [3.63, 3.8) is 0 Å². The van der Waals surface area contributed by atoms with Crippen LogP contribution in [-0.2, 0) is 4.84 Å². The molecular weight excluding hydrogens is 268 g/mol. The van der Waals surface area contributed by atoms with Gasteiger partial charge in [-0.05, 0) is 31.5 Å². The van der Waals surface area contributed by atoms with Gasteiger partial charge in [-0.1, -0.05) is 23.7 Å². The maximum Gasteiger partial charge on any atom is 0.412 e. The third-order valence-electron chi connectivity index (χ3n) is 2.09. The minimum absolute atomic E-state index is 0.376. The number of rotatable bonds is 6. The highest BCUT2D eigenvalue weighted by atomic mass is 35.5. The largest absolute Gasteiger partial charge is 0.412 e. The first-order valence-corrected chi connectivity index (χ1v) is 6.45. The van der Waals surface area contributed by atoms with E-state index in [1.165, 1.54) is 6.21 Å². The van der Waals surface area contributed by atoms with Crippen LogP contribution in [0.3, 0.4) is 0 Å². The summed E-state index contributed by atoms with van der Waals surface area (Å²) in [5.74, 6) is 0.376. The van der Waals surface area contributed by atoms with Gasteiger partial charge in [0.05, 0.1) is 6.21 Å². The van der Waals surface area contributed by atoms with Gasteiger partial charge in [0.15, 0.2) is 0 Å². The third kappa shape index (κ3) is 5.61. The molecule has 19 heavy (non-hydrogen) atoms. The van der Waals surface area contributed by atoms with Gasteiger partial charge in [-0.3, -0.25) is 0 Å². The molecule has 0 aliphatic rings. The third-order valence-corrected chi connectivity index (χ3v) is 2.32. The summed E-state index contributed by atoms with van der Waals surface area (Å²) in [7, 11) is 0. The minimum Gasteiger partial charge on any atom is -0.410 e. The molecule has 0 spiro atoms. The van der Waals surface area contributed by atoms with E-state index in [0.717, 1.165) is 6.42 Å². The molecule has 0 radical (unpaired) electrons. The van der Waals surface area contributed by atoms with Crippen LogP contribution in [0.1, 0.15) is 25.8 Å². The average molecular weight is 285 g/mol. The first-order chi connectivity index (χ1) is 9.17. The number of carbonyl (C=O) groups is 1. The number of carbonyl (C=O) groups excluding carboxylic acids is 1. The Labute approximate surface area is 117 Å². The summed E-state index contributed by atoms with van der Waals surface area (Å²) < 4.78 is 5.18. The molecule has 1 amide bonds. The lowest BCUT2D eigenvalue weighted by Crippen LogP contribution is -2.27. The Morgan fingerprint density at radius 3 is 2.95 bits per heavy atom. The van der Waals surface area contributed by atoms with E-state index in [0.29, 0.717) is 29.5 Å². The second-order valence-corrected chi connectivity index (χ2v) is 4.09. The van der Waals surface area contributed by atoms with E-state index in [9.17, 15) is 4.79 Å². The van der Waals surface area contributed by atoms with Gasteiger partial charge in [0, 0.05) is 17.1 Å². The summed E-state index contributed by atoms with van der Waals surface area (Å²) >= 11 is 5.89. The average Bonchev–Trinajstić information content (AvgIpc) is 2.39. The molecule has 0 heterocycles. The van der Waals surface area contributed by atoms with Crippen LogP contribution in [0, 0.1) is 0 Å². The van der Waals surface area contributed by atoms with Crippen molar-refractivity contribution in [3.05, 3.63) is 28.8 Å². The van der Waals surface area contributed by atoms with Gasteiger partial charge in [-0.15, -0.1) is 0 Å². The molecule has 1 aromatic carbocycles. The number of amides is 1. The zero-order chi connectivity index (χ0) is 14.1. The Morgan fingerprint density at radius 1 is 1.47 bits per heavy atom. The second kappa shape index (κ2) is 8.37. The van der Waals surface area contributed by atoms with Crippen LogP contribution in [0.25, 0.3) is 0 Å². The van der Waals surface area contributed by atoms with Gasteiger partial charge < -0.3 is 14.9 Å². The van der Waals surface area contributed by atoms with Gasteiger partial charge in [0.2, 0.25) is 0 Å². The molecule has 0 unspecified atom stereocenters. The number of halogens is 1. The molecule has 0 fully saturated rings. The fourth-order valence-electron chi connectivity index (χ4n) is 1.24. The van der Waals surface area contributed by atoms with Crippen molar-refractivity contribution in [1.82, 2.24) is 5.32 Å².